The van der Waals surface area contributed by atoms with Crippen LogP contribution in [0.25, 0.3) is 0 Å². The van der Waals surface area contributed by atoms with Crippen LogP contribution < -0.4 is 10.6 Å². The molecule has 0 aliphatic carbocycles. The first-order valence-electron chi connectivity index (χ1n) is 9.40. The van der Waals surface area contributed by atoms with Crippen LogP contribution in [0.5, 0.6) is 0 Å². The van der Waals surface area contributed by atoms with Crippen molar-refractivity contribution >= 4 is 35.0 Å². The SMILES string of the molecule is O=C(CN1CCN(C(=O)CNC(=O)c2ccccc2Cl)CC1)Nc1ccccc1. The van der Waals surface area contributed by atoms with Gasteiger partial charge in [0.15, 0.2) is 0 Å². The third kappa shape index (κ3) is 6.04. The molecule has 29 heavy (non-hydrogen) atoms. The summed E-state index contributed by atoms with van der Waals surface area (Å²) in [6, 6.07) is 16.0. The number of carbonyl (C=O) groups excluding carboxylic acids is 3. The number of para-hydroxylation sites is 1. The van der Waals surface area contributed by atoms with E-state index in [2.05, 4.69) is 10.6 Å². The van der Waals surface area contributed by atoms with Crippen LogP contribution in [0.4, 0.5) is 5.69 Å². The van der Waals surface area contributed by atoms with E-state index in [0.29, 0.717) is 36.8 Å². The second kappa shape index (κ2) is 10.0. The number of benzene rings is 2. The number of piperazine rings is 1. The normalized spacial score (nSPS) is 14.3. The zero-order chi connectivity index (χ0) is 20.6. The van der Waals surface area contributed by atoms with Crippen LogP contribution in [0.3, 0.4) is 0 Å². The number of amides is 3. The average molecular weight is 415 g/mol. The van der Waals surface area contributed by atoms with Crippen molar-refractivity contribution in [3.63, 3.8) is 0 Å². The molecule has 0 aromatic heterocycles. The van der Waals surface area contributed by atoms with Gasteiger partial charge >= 0.3 is 0 Å². The Kier molecular flexibility index (Phi) is 7.21. The van der Waals surface area contributed by atoms with E-state index in [0.717, 1.165) is 5.69 Å². The Hall–Kier alpha value is -2.90. The van der Waals surface area contributed by atoms with E-state index in [-0.39, 0.29) is 30.8 Å². The van der Waals surface area contributed by atoms with Gasteiger partial charge in [-0.05, 0) is 24.3 Å². The van der Waals surface area contributed by atoms with Crippen molar-refractivity contribution in [1.82, 2.24) is 15.1 Å². The molecule has 1 saturated heterocycles. The zero-order valence-electron chi connectivity index (χ0n) is 15.9. The molecular weight excluding hydrogens is 392 g/mol. The van der Waals surface area contributed by atoms with Crippen molar-refractivity contribution < 1.29 is 14.4 Å². The van der Waals surface area contributed by atoms with Gasteiger partial charge in [0.2, 0.25) is 11.8 Å². The standard InChI is InChI=1S/C21H23ClN4O3/c22-18-9-5-4-8-17(18)21(29)23-14-20(28)26-12-10-25(11-13-26)15-19(27)24-16-6-2-1-3-7-16/h1-9H,10-15H2,(H,23,29)(H,24,27). The number of hydrogen-bond acceptors (Lipinski definition) is 4. The molecule has 1 fully saturated rings. The van der Waals surface area contributed by atoms with Crippen molar-refractivity contribution in [2.45, 2.75) is 0 Å². The Bertz CT molecular complexity index is 867. The Morgan fingerprint density at radius 3 is 2.24 bits per heavy atom. The van der Waals surface area contributed by atoms with Crippen molar-refractivity contribution in [1.29, 1.82) is 0 Å². The van der Waals surface area contributed by atoms with Crippen LogP contribution >= 0.6 is 11.6 Å². The van der Waals surface area contributed by atoms with Crippen LogP contribution in [-0.4, -0.2) is 66.8 Å². The number of rotatable bonds is 6. The molecule has 8 heteroatoms. The quantitative estimate of drug-likeness (QED) is 0.755. The predicted molar refractivity (Wildman–Crippen MR) is 112 cm³/mol. The topological polar surface area (TPSA) is 81.8 Å². The molecule has 2 N–H and O–H groups in total. The average Bonchev–Trinajstić information content (AvgIpc) is 2.73. The zero-order valence-corrected chi connectivity index (χ0v) is 16.7. The van der Waals surface area contributed by atoms with E-state index in [9.17, 15) is 14.4 Å². The second-order valence-electron chi connectivity index (χ2n) is 6.73. The summed E-state index contributed by atoms with van der Waals surface area (Å²) in [5, 5.41) is 5.82. The Balaban J connectivity index is 1.39. The van der Waals surface area contributed by atoms with Gasteiger partial charge in [-0.15, -0.1) is 0 Å². The van der Waals surface area contributed by atoms with Crippen LogP contribution in [0.2, 0.25) is 5.02 Å². The number of halogens is 1. The molecule has 1 heterocycles. The van der Waals surface area contributed by atoms with Crippen molar-refractivity contribution in [2.75, 3.05) is 44.6 Å². The van der Waals surface area contributed by atoms with Gasteiger partial charge in [-0.25, -0.2) is 0 Å². The summed E-state index contributed by atoms with van der Waals surface area (Å²) >= 11 is 6.00. The molecule has 2 aromatic rings. The molecule has 1 aliphatic rings. The van der Waals surface area contributed by atoms with Gasteiger partial charge in [-0.1, -0.05) is 41.9 Å². The summed E-state index contributed by atoms with van der Waals surface area (Å²) in [6.07, 6.45) is 0. The first-order chi connectivity index (χ1) is 14.0. The summed E-state index contributed by atoms with van der Waals surface area (Å²) in [4.78, 5) is 40.4. The molecule has 3 amide bonds. The van der Waals surface area contributed by atoms with Crippen molar-refractivity contribution in [3.05, 3.63) is 65.2 Å². The Morgan fingerprint density at radius 2 is 1.55 bits per heavy atom. The van der Waals surface area contributed by atoms with Crippen LogP contribution in [-0.2, 0) is 9.59 Å². The molecule has 0 bridgehead atoms. The summed E-state index contributed by atoms with van der Waals surface area (Å²) in [5.41, 5.74) is 1.11. The first kappa shape index (κ1) is 20.8. The molecule has 3 rings (SSSR count). The summed E-state index contributed by atoms with van der Waals surface area (Å²) in [6.45, 7) is 2.43. The van der Waals surface area contributed by atoms with Gasteiger partial charge < -0.3 is 15.5 Å². The number of carbonyl (C=O) groups is 3. The van der Waals surface area contributed by atoms with E-state index in [1.54, 1.807) is 29.2 Å². The minimum Gasteiger partial charge on any atom is -0.343 e. The lowest BCUT2D eigenvalue weighted by atomic mass is 10.2. The summed E-state index contributed by atoms with van der Waals surface area (Å²) < 4.78 is 0. The number of nitrogens with one attached hydrogen (secondary N) is 2. The molecule has 2 aromatic carbocycles. The molecule has 0 atom stereocenters. The van der Waals surface area contributed by atoms with Gasteiger partial charge in [0.1, 0.15) is 0 Å². The summed E-state index contributed by atoms with van der Waals surface area (Å²) in [5.74, 6) is -0.609. The first-order valence-corrected chi connectivity index (χ1v) is 9.78. The maximum atomic E-state index is 12.4. The van der Waals surface area contributed by atoms with Crippen LogP contribution in [0.1, 0.15) is 10.4 Å². The van der Waals surface area contributed by atoms with Gasteiger partial charge in [-0.2, -0.15) is 0 Å². The van der Waals surface area contributed by atoms with E-state index < -0.39 is 0 Å². The van der Waals surface area contributed by atoms with Gasteiger partial charge in [0, 0.05) is 31.9 Å². The van der Waals surface area contributed by atoms with E-state index in [1.165, 1.54) is 0 Å². The lowest BCUT2D eigenvalue weighted by Crippen LogP contribution is -2.52. The predicted octanol–water partition coefficient (Wildman–Crippen LogP) is 1.85. The van der Waals surface area contributed by atoms with E-state index in [1.807, 2.05) is 35.2 Å². The third-order valence-corrected chi connectivity index (χ3v) is 5.00. The lowest BCUT2D eigenvalue weighted by molar-refractivity contribution is -0.132. The minimum absolute atomic E-state index is 0.0806. The highest BCUT2D eigenvalue weighted by molar-refractivity contribution is 6.33. The van der Waals surface area contributed by atoms with Gasteiger partial charge in [-0.3, -0.25) is 19.3 Å². The van der Waals surface area contributed by atoms with Crippen LogP contribution in [0.15, 0.2) is 54.6 Å². The highest BCUT2D eigenvalue weighted by Gasteiger charge is 2.23. The third-order valence-electron chi connectivity index (χ3n) is 4.67. The molecule has 0 unspecified atom stereocenters. The fourth-order valence-corrected chi connectivity index (χ4v) is 3.31. The lowest BCUT2D eigenvalue weighted by Gasteiger charge is -2.34. The molecule has 0 radical (unpaired) electrons. The maximum absolute atomic E-state index is 12.4. The number of nitrogens with zero attached hydrogens (tertiary/aromatic N) is 2. The molecule has 1 aliphatic heterocycles. The highest BCUT2D eigenvalue weighted by atomic mass is 35.5. The smallest absolute Gasteiger partial charge is 0.253 e. The maximum Gasteiger partial charge on any atom is 0.253 e. The van der Waals surface area contributed by atoms with E-state index in [4.69, 9.17) is 11.6 Å². The molecule has 0 spiro atoms. The van der Waals surface area contributed by atoms with Crippen molar-refractivity contribution in [2.24, 2.45) is 0 Å². The molecule has 7 nitrogen and oxygen atoms in total. The summed E-state index contributed by atoms with van der Waals surface area (Å²) in [7, 11) is 0. The fraction of sp³-hybridized carbons (Fsp3) is 0.286. The van der Waals surface area contributed by atoms with Gasteiger partial charge in [0.25, 0.3) is 5.91 Å². The monoisotopic (exact) mass is 414 g/mol. The molecule has 0 saturated carbocycles. The van der Waals surface area contributed by atoms with Gasteiger partial charge in [0.05, 0.1) is 23.7 Å². The van der Waals surface area contributed by atoms with E-state index >= 15 is 0 Å². The second-order valence-corrected chi connectivity index (χ2v) is 7.14. The van der Waals surface area contributed by atoms with Crippen molar-refractivity contribution in [3.8, 4) is 0 Å². The van der Waals surface area contributed by atoms with Crippen LogP contribution in [0, 0.1) is 0 Å². The molecule has 152 valence electrons. The fourth-order valence-electron chi connectivity index (χ4n) is 3.09. The Labute approximate surface area is 174 Å². The highest BCUT2D eigenvalue weighted by Crippen LogP contribution is 2.14. The minimum atomic E-state index is -0.375. The number of anilines is 1. The Morgan fingerprint density at radius 1 is 0.897 bits per heavy atom. The largest absolute Gasteiger partial charge is 0.343 e. The molecular formula is C21H23ClN4O3. The number of hydrogen-bond donors (Lipinski definition) is 2.